The molecular formula is C29H54NS+. The first kappa shape index (κ1) is 28.5. The van der Waals surface area contributed by atoms with Crippen LogP contribution in [0.2, 0.25) is 0 Å². The van der Waals surface area contributed by atoms with E-state index in [0.29, 0.717) is 0 Å². The van der Waals surface area contributed by atoms with E-state index in [1.807, 2.05) is 11.8 Å². The molecule has 180 valence electrons. The largest absolute Gasteiger partial charge is 0.205 e. The Balaban J connectivity index is 1.90. The second kappa shape index (κ2) is 22.7. The fourth-order valence-electron chi connectivity index (χ4n) is 4.25. The summed E-state index contributed by atoms with van der Waals surface area (Å²) in [6.45, 7) is 5.77. The summed E-state index contributed by atoms with van der Waals surface area (Å²) in [6, 6.07) is 4.63. The highest BCUT2D eigenvalue weighted by Crippen LogP contribution is 2.19. The molecule has 0 unspecified atom stereocenters. The molecule has 1 aromatic heterocycles. The second-order valence-electron chi connectivity index (χ2n) is 9.48. The number of rotatable bonds is 23. The summed E-state index contributed by atoms with van der Waals surface area (Å²) in [5, 5.41) is 0. The van der Waals surface area contributed by atoms with Crippen molar-refractivity contribution in [2.75, 3.05) is 5.75 Å². The molecule has 0 radical (unpaired) electrons. The minimum absolute atomic E-state index is 1.18. The molecule has 0 spiro atoms. The molecule has 0 bridgehead atoms. The lowest BCUT2D eigenvalue weighted by Crippen LogP contribution is -2.32. The lowest BCUT2D eigenvalue weighted by atomic mass is 10.1. The van der Waals surface area contributed by atoms with Gasteiger partial charge in [-0.3, -0.25) is 0 Å². The zero-order valence-corrected chi connectivity index (χ0v) is 22.0. The predicted molar refractivity (Wildman–Crippen MR) is 141 cm³/mol. The Kier molecular flexibility index (Phi) is 20.9. The molecule has 1 aromatic rings. The third kappa shape index (κ3) is 18.7. The standard InChI is InChI=1S/C29H54NS/c1-3-5-7-9-11-13-15-17-19-21-25-30-26-23-29(24-27-30)31-28-22-20-18-16-14-12-10-8-6-4-2/h23-24,26-27H,3-22,25,28H2,1-2H3/q+1. The van der Waals surface area contributed by atoms with Gasteiger partial charge in [0.25, 0.3) is 0 Å². The molecule has 2 heteroatoms. The van der Waals surface area contributed by atoms with E-state index in [0.717, 1.165) is 0 Å². The number of thioether (sulfide) groups is 1. The molecule has 0 aliphatic carbocycles. The van der Waals surface area contributed by atoms with E-state index in [1.54, 1.807) is 0 Å². The first-order valence-electron chi connectivity index (χ1n) is 14.0. The molecule has 1 rings (SSSR count). The predicted octanol–water partition coefficient (Wildman–Crippen LogP) is 9.91. The van der Waals surface area contributed by atoms with Crippen molar-refractivity contribution < 1.29 is 4.57 Å². The fourth-order valence-corrected chi connectivity index (χ4v) is 5.15. The first-order valence-corrected chi connectivity index (χ1v) is 15.0. The molecule has 0 aliphatic rings. The Morgan fingerprint density at radius 2 is 0.903 bits per heavy atom. The SMILES string of the molecule is CCCCCCCCCCCCSc1cc[n+](CCCCCCCCCCCC)cc1. The van der Waals surface area contributed by atoms with Gasteiger partial charge < -0.3 is 0 Å². The zero-order valence-electron chi connectivity index (χ0n) is 21.2. The van der Waals surface area contributed by atoms with Crippen molar-refractivity contribution >= 4 is 11.8 Å². The molecule has 0 aromatic carbocycles. The monoisotopic (exact) mass is 448 g/mol. The Hall–Kier alpha value is -0.500. The molecule has 1 heterocycles. The number of aromatic nitrogens is 1. The van der Waals surface area contributed by atoms with Gasteiger partial charge in [-0.15, -0.1) is 11.8 Å². The fraction of sp³-hybridized carbons (Fsp3) is 0.828. The summed E-state index contributed by atoms with van der Waals surface area (Å²) in [6.07, 6.45) is 33.0. The number of pyridine rings is 1. The summed E-state index contributed by atoms with van der Waals surface area (Å²) in [5.41, 5.74) is 0. The highest BCUT2D eigenvalue weighted by Gasteiger charge is 2.02. The van der Waals surface area contributed by atoms with E-state index < -0.39 is 0 Å². The topological polar surface area (TPSA) is 3.88 Å². The molecule has 31 heavy (non-hydrogen) atoms. The highest BCUT2D eigenvalue weighted by molar-refractivity contribution is 7.99. The highest BCUT2D eigenvalue weighted by atomic mass is 32.2. The third-order valence-corrected chi connectivity index (χ3v) is 7.50. The molecule has 0 fully saturated rings. The number of hydrogen-bond donors (Lipinski definition) is 0. The van der Waals surface area contributed by atoms with Crippen LogP contribution in [0.3, 0.4) is 0 Å². The maximum Gasteiger partial charge on any atom is 0.169 e. The Bertz CT molecular complexity index is 470. The van der Waals surface area contributed by atoms with E-state index in [9.17, 15) is 0 Å². The first-order chi connectivity index (χ1) is 15.4. The van der Waals surface area contributed by atoms with E-state index in [1.165, 1.54) is 146 Å². The second-order valence-corrected chi connectivity index (χ2v) is 10.7. The number of unbranched alkanes of at least 4 members (excludes halogenated alkanes) is 18. The average Bonchev–Trinajstić information content (AvgIpc) is 2.79. The van der Waals surface area contributed by atoms with Gasteiger partial charge in [-0.05, 0) is 18.6 Å². The molecule has 0 saturated heterocycles. The number of nitrogens with zero attached hydrogens (tertiary/aromatic N) is 1. The van der Waals surface area contributed by atoms with Crippen LogP contribution in [0.1, 0.15) is 142 Å². The third-order valence-electron chi connectivity index (χ3n) is 6.40. The Labute approximate surface area is 200 Å². The molecule has 0 atom stereocenters. The van der Waals surface area contributed by atoms with Gasteiger partial charge in [0, 0.05) is 23.4 Å². The van der Waals surface area contributed by atoms with Crippen LogP contribution in [0.25, 0.3) is 0 Å². The van der Waals surface area contributed by atoms with Crippen LogP contribution in [-0.2, 0) is 6.54 Å². The summed E-state index contributed by atoms with van der Waals surface area (Å²) in [5.74, 6) is 1.28. The van der Waals surface area contributed by atoms with Gasteiger partial charge in [-0.2, -0.15) is 0 Å². The van der Waals surface area contributed by atoms with Crippen LogP contribution in [0.15, 0.2) is 29.4 Å². The van der Waals surface area contributed by atoms with Gasteiger partial charge in [-0.25, -0.2) is 4.57 Å². The molecule has 0 amide bonds. The van der Waals surface area contributed by atoms with Crippen LogP contribution in [-0.4, -0.2) is 5.75 Å². The van der Waals surface area contributed by atoms with Crippen molar-refractivity contribution in [1.82, 2.24) is 0 Å². The molecule has 0 saturated carbocycles. The van der Waals surface area contributed by atoms with Crippen LogP contribution in [0.5, 0.6) is 0 Å². The van der Waals surface area contributed by atoms with Gasteiger partial charge in [0.2, 0.25) is 0 Å². The van der Waals surface area contributed by atoms with E-state index in [4.69, 9.17) is 0 Å². The van der Waals surface area contributed by atoms with E-state index in [-0.39, 0.29) is 0 Å². The lowest BCUT2D eigenvalue weighted by Gasteiger charge is -2.03. The molecular weight excluding hydrogens is 394 g/mol. The molecule has 1 nitrogen and oxygen atoms in total. The Morgan fingerprint density at radius 1 is 0.516 bits per heavy atom. The van der Waals surface area contributed by atoms with E-state index in [2.05, 4.69) is 42.9 Å². The normalized spacial score (nSPS) is 11.3. The van der Waals surface area contributed by atoms with Crippen LogP contribution in [0, 0.1) is 0 Å². The van der Waals surface area contributed by atoms with Crippen molar-refractivity contribution in [3.05, 3.63) is 24.5 Å². The minimum Gasteiger partial charge on any atom is -0.205 e. The molecule has 0 aliphatic heterocycles. The summed E-state index contributed by atoms with van der Waals surface area (Å²) >= 11 is 2.04. The number of hydrogen-bond acceptors (Lipinski definition) is 1. The van der Waals surface area contributed by atoms with Crippen LogP contribution >= 0.6 is 11.8 Å². The summed E-state index contributed by atoms with van der Waals surface area (Å²) in [7, 11) is 0. The zero-order chi connectivity index (χ0) is 22.2. The quantitative estimate of drug-likeness (QED) is 0.0914. The Morgan fingerprint density at radius 3 is 1.35 bits per heavy atom. The van der Waals surface area contributed by atoms with Crippen LogP contribution < -0.4 is 4.57 Å². The average molecular weight is 449 g/mol. The van der Waals surface area contributed by atoms with Crippen molar-refractivity contribution in [1.29, 1.82) is 0 Å². The van der Waals surface area contributed by atoms with Crippen molar-refractivity contribution in [3.8, 4) is 0 Å². The van der Waals surface area contributed by atoms with Crippen LogP contribution in [0.4, 0.5) is 0 Å². The lowest BCUT2D eigenvalue weighted by molar-refractivity contribution is -0.697. The minimum atomic E-state index is 1.18. The van der Waals surface area contributed by atoms with Crippen molar-refractivity contribution in [3.63, 3.8) is 0 Å². The summed E-state index contributed by atoms with van der Waals surface area (Å²) in [4.78, 5) is 1.44. The number of aryl methyl sites for hydroxylation is 1. The van der Waals surface area contributed by atoms with Gasteiger partial charge >= 0.3 is 0 Å². The van der Waals surface area contributed by atoms with E-state index >= 15 is 0 Å². The van der Waals surface area contributed by atoms with Crippen molar-refractivity contribution in [2.24, 2.45) is 0 Å². The van der Waals surface area contributed by atoms with Gasteiger partial charge in [-0.1, -0.05) is 123 Å². The smallest absolute Gasteiger partial charge is 0.169 e. The van der Waals surface area contributed by atoms with Gasteiger partial charge in [0.15, 0.2) is 12.4 Å². The maximum atomic E-state index is 2.37. The molecule has 0 N–H and O–H groups in total. The summed E-state index contributed by atoms with van der Waals surface area (Å²) < 4.78 is 2.37. The van der Waals surface area contributed by atoms with Gasteiger partial charge in [0.05, 0.1) is 0 Å². The van der Waals surface area contributed by atoms with Crippen molar-refractivity contribution in [2.45, 2.75) is 154 Å². The van der Waals surface area contributed by atoms with Gasteiger partial charge in [0.1, 0.15) is 6.54 Å². The maximum absolute atomic E-state index is 2.37.